The van der Waals surface area contributed by atoms with Crippen LogP contribution in [0.5, 0.6) is 0 Å². The van der Waals surface area contributed by atoms with Crippen LogP contribution in [-0.2, 0) is 6.54 Å². The summed E-state index contributed by atoms with van der Waals surface area (Å²) in [5.74, 6) is 0. The van der Waals surface area contributed by atoms with Crippen LogP contribution in [0.3, 0.4) is 0 Å². The molecule has 0 saturated heterocycles. The van der Waals surface area contributed by atoms with Gasteiger partial charge in [0.1, 0.15) is 0 Å². The normalized spacial score (nSPS) is 11.3. The van der Waals surface area contributed by atoms with Crippen molar-refractivity contribution in [1.82, 2.24) is 15.2 Å². The SMILES string of the molecule is CCNCc1sc(N(CC)CCCN(C)C)nc1C. The van der Waals surface area contributed by atoms with Crippen molar-refractivity contribution in [2.75, 3.05) is 45.2 Å². The van der Waals surface area contributed by atoms with Crippen LogP contribution < -0.4 is 10.2 Å². The van der Waals surface area contributed by atoms with Gasteiger partial charge in [-0.25, -0.2) is 4.98 Å². The number of aromatic nitrogens is 1. The molecule has 0 aliphatic carbocycles. The number of aryl methyl sites for hydroxylation is 1. The van der Waals surface area contributed by atoms with Gasteiger partial charge in [-0.3, -0.25) is 0 Å². The summed E-state index contributed by atoms with van der Waals surface area (Å²) in [6.45, 7) is 11.6. The molecule has 1 aromatic rings. The van der Waals surface area contributed by atoms with Gasteiger partial charge in [-0.2, -0.15) is 0 Å². The van der Waals surface area contributed by atoms with Crippen LogP contribution in [0.2, 0.25) is 0 Å². The van der Waals surface area contributed by atoms with Gasteiger partial charge in [0.05, 0.1) is 5.69 Å². The second-order valence-electron chi connectivity index (χ2n) is 5.02. The minimum absolute atomic E-state index is 0.940. The predicted octanol–water partition coefficient (Wildman–Crippen LogP) is 2.34. The van der Waals surface area contributed by atoms with Crippen molar-refractivity contribution in [1.29, 1.82) is 0 Å². The standard InChI is InChI=1S/C14H28N4S/c1-6-15-11-13-12(3)16-14(19-13)18(7-2)10-8-9-17(4)5/h15H,6-11H2,1-5H3. The second-order valence-corrected chi connectivity index (χ2v) is 6.08. The van der Waals surface area contributed by atoms with E-state index < -0.39 is 0 Å². The zero-order valence-electron chi connectivity index (χ0n) is 13.0. The average Bonchev–Trinajstić information content (AvgIpc) is 2.73. The smallest absolute Gasteiger partial charge is 0.185 e. The number of hydrogen-bond donors (Lipinski definition) is 1. The molecular weight excluding hydrogens is 256 g/mol. The molecule has 4 nitrogen and oxygen atoms in total. The first-order chi connectivity index (χ1) is 9.08. The number of anilines is 1. The Morgan fingerprint density at radius 3 is 2.53 bits per heavy atom. The fourth-order valence-corrected chi connectivity index (χ4v) is 3.04. The number of nitrogens with zero attached hydrogens (tertiary/aromatic N) is 3. The van der Waals surface area contributed by atoms with E-state index in [4.69, 9.17) is 4.98 Å². The van der Waals surface area contributed by atoms with Gasteiger partial charge in [0.2, 0.25) is 0 Å². The summed E-state index contributed by atoms with van der Waals surface area (Å²) in [6.07, 6.45) is 1.18. The predicted molar refractivity (Wildman–Crippen MR) is 85.3 cm³/mol. The highest BCUT2D eigenvalue weighted by atomic mass is 32.1. The van der Waals surface area contributed by atoms with E-state index in [9.17, 15) is 0 Å². The zero-order valence-corrected chi connectivity index (χ0v) is 13.8. The fourth-order valence-electron chi connectivity index (χ4n) is 1.92. The molecular formula is C14H28N4S. The largest absolute Gasteiger partial charge is 0.348 e. The molecule has 0 aliphatic heterocycles. The molecule has 110 valence electrons. The average molecular weight is 284 g/mol. The van der Waals surface area contributed by atoms with E-state index in [2.05, 4.69) is 50.0 Å². The van der Waals surface area contributed by atoms with Crippen LogP contribution in [0.4, 0.5) is 5.13 Å². The molecule has 1 heterocycles. The third-order valence-corrected chi connectivity index (χ3v) is 4.32. The highest BCUT2D eigenvalue weighted by Gasteiger charge is 2.12. The van der Waals surface area contributed by atoms with Crippen molar-refractivity contribution in [2.45, 2.75) is 33.7 Å². The van der Waals surface area contributed by atoms with Gasteiger partial charge < -0.3 is 15.1 Å². The lowest BCUT2D eigenvalue weighted by molar-refractivity contribution is 0.400. The topological polar surface area (TPSA) is 31.4 Å². The minimum atomic E-state index is 0.940. The Labute approximate surface area is 121 Å². The van der Waals surface area contributed by atoms with E-state index in [0.29, 0.717) is 0 Å². The summed E-state index contributed by atoms with van der Waals surface area (Å²) in [4.78, 5) is 10.7. The molecule has 0 spiro atoms. The Bertz CT molecular complexity index is 362. The van der Waals surface area contributed by atoms with Gasteiger partial charge in [0, 0.05) is 24.5 Å². The molecule has 0 unspecified atom stereocenters. The summed E-state index contributed by atoms with van der Waals surface area (Å²) in [7, 11) is 4.25. The van der Waals surface area contributed by atoms with Gasteiger partial charge >= 0.3 is 0 Å². The van der Waals surface area contributed by atoms with Crippen molar-refractivity contribution in [3.8, 4) is 0 Å². The molecule has 0 aromatic carbocycles. The Balaban J connectivity index is 2.59. The van der Waals surface area contributed by atoms with Crippen LogP contribution in [0.1, 0.15) is 30.8 Å². The van der Waals surface area contributed by atoms with Gasteiger partial charge in [-0.05, 0) is 47.5 Å². The van der Waals surface area contributed by atoms with Crippen LogP contribution in [-0.4, -0.2) is 50.2 Å². The molecule has 1 N–H and O–H groups in total. The third-order valence-electron chi connectivity index (χ3n) is 3.10. The summed E-state index contributed by atoms with van der Waals surface area (Å²) in [5.41, 5.74) is 1.17. The van der Waals surface area contributed by atoms with E-state index in [1.807, 2.05) is 11.3 Å². The van der Waals surface area contributed by atoms with E-state index in [0.717, 1.165) is 32.7 Å². The van der Waals surface area contributed by atoms with Gasteiger partial charge in [-0.1, -0.05) is 6.92 Å². The highest BCUT2D eigenvalue weighted by molar-refractivity contribution is 7.15. The number of nitrogens with one attached hydrogen (secondary N) is 1. The second kappa shape index (κ2) is 8.51. The monoisotopic (exact) mass is 284 g/mol. The van der Waals surface area contributed by atoms with Crippen molar-refractivity contribution < 1.29 is 0 Å². The Kier molecular flexibility index (Phi) is 7.34. The van der Waals surface area contributed by atoms with Crippen molar-refractivity contribution in [2.24, 2.45) is 0 Å². The van der Waals surface area contributed by atoms with Gasteiger partial charge in [-0.15, -0.1) is 11.3 Å². The number of hydrogen-bond acceptors (Lipinski definition) is 5. The molecule has 0 aliphatic rings. The molecule has 0 fully saturated rings. The van der Waals surface area contributed by atoms with Crippen LogP contribution in [0, 0.1) is 6.92 Å². The lowest BCUT2D eigenvalue weighted by Gasteiger charge is -2.20. The number of rotatable bonds is 9. The first kappa shape index (κ1) is 16.4. The molecule has 0 saturated carbocycles. The van der Waals surface area contributed by atoms with Crippen LogP contribution in [0.15, 0.2) is 0 Å². The molecule has 1 rings (SSSR count). The van der Waals surface area contributed by atoms with Crippen LogP contribution in [0.25, 0.3) is 0 Å². The molecule has 19 heavy (non-hydrogen) atoms. The lowest BCUT2D eigenvalue weighted by atomic mass is 10.3. The maximum Gasteiger partial charge on any atom is 0.185 e. The summed E-state index contributed by atoms with van der Waals surface area (Å²) in [5, 5.41) is 4.55. The molecule has 1 aromatic heterocycles. The summed E-state index contributed by atoms with van der Waals surface area (Å²) in [6, 6.07) is 0. The van der Waals surface area contributed by atoms with Crippen molar-refractivity contribution >= 4 is 16.5 Å². The number of thiazole rings is 1. The zero-order chi connectivity index (χ0) is 14.3. The molecule has 5 heteroatoms. The minimum Gasteiger partial charge on any atom is -0.348 e. The highest BCUT2D eigenvalue weighted by Crippen LogP contribution is 2.26. The van der Waals surface area contributed by atoms with Gasteiger partial charge in [0.15, 0.2) is 5.13 Å². The summed E-state index contributed by atoms with van der Waals surface area (Å²) >= 11 is 1.83. The van der Waals surface area contributed by atoms with E-state index in [1.54, 1.807) is 0 Å². The molecule has 0 bridgehead atoms. The van der Waals surface area contributed by atoms with Crippen LogP contribution >= 0.6 is 11.3 Å². The van der Waals surface area contributed by atoms with Gasteiger partial charge in [0.25, 0.3) is 0 Å². The lowest BCUT2D eigenvalue weighted by Crippen LogP contribution is -2.26. The Morgan fingerprint density at radius 2 is 1.95 bits per heavy atom. The quantitative estimate of drug-likeness (QED) is 0.754. The molecule has 0 atom stereocenters. The molecule has 0 radical (unpaired) electrons. The van der Waals surface area contributed by atoms with E-state index in [1.165, 1.54) is 22.1 Å². The first-order valence-electron chi connectivity index (χ1n) is 7.15. The third kappa shape index (κ3) is 5.47. The maximum atomic E-state index is 4.72. The molecule has 0 amide bonds. The Hall–Kier alpha value is -0.650. The van der Waals surface area contributed by atoms with Crippen molar-refractivity contribution in [3.63, 3.8) is 0 Å². The maximum absolute atomic E-state index is 4.72. The summed E-state index contributed by atoms with van der Waals surface area (Å²) < 4.78 is 0. The first-order valence-corrected chi connectivity index (χ1v) is 7.96. The Morgan fingerprint density at radius 1 is 1.21 bits per heavy atom. The van der Waals surface area contributed by atoms with E-state index in [-0.39, 0.29) is 0 Å². The van der Waals surface area contributed by atoms with E-state index >= 15 is 0 Å². The fraction of sp³-hybridized carbons (Fsp3) is 0.786. The van der Waals surface area contributed by atoms with Crippen molar-refractivity contribution in [3.05, 3.63) is 10.6 Å².